The van der Waals surface area contributed by atoms with E-state index in [0.717, 1.165) is 17.8 Å². The van der Waals surface area contributed by atoms with Crippen LogP contribution in [0.4, 0.5) is 0 Å². The SMILES string of the molecule is CCn1ccc(=O)c(OCc2ccccc2)c1C. The summed E-state index contributed by atoms with van der Waals surface area (Å²) in [5.74, 6) is 0.447. The van der Waals surface area contributed by atoms with E-state index >= 15 is 0 Å². The van der Waals surface area contributed by atoms with E-state index in [4.69, 9.17) is 4.74 Å². The highest BCUT2D eigenvalue weighted by atomic mass is 16.5. The van der Waals surface area contributed by atoms with Gasteiger partial charge in [0.05, 0.1) is 5.69 Å². The van der Waals surface area contributed by atoms with Crippen molar-refractivity contribution in [2.45, 2.75) is 27.0 Å². The molecule has 0 N–H and O–H groups in total. The van der Waals surface area contributed by atoms with Crippen LogP contribution in [0.5, 0.6) is 5.75 Å². The molecule has 1 heterocycles. The van der Waals surface area contributed by atoms with Crippen molar-refractivity contribution in [3.8, 4) is 5.75 Å². The second-order valence-corrected chi connectivity index (χ2v) is 4.15. The Hall–Kier alpha value is -2.03. The highest BCUT2D eigenvalue weighted by Crippen LogP contribution is 2.13. The number of ether oxygens (including phenoxy) is 1. The third kappa shape index (κ3) is 2.62. The molecule has 0 aliphatic rings. The zero-order valence-electron chi connectivity index (χ0n) is 10.7. The van der Waals surface area contributed by atoms with Gasteiger partial charge in [0.25, 0.3) is 0 Å². The number of aromatic nitrogens is 1. The van der Waals surface area contributed by atoms with Gasteiger partial charge < -0.3 is 9.30 Å². The molecular weight excluding hydrogens is 226 g/mol. The van der Waals surface area contributed by atoms with Gasteiger partial charge in [-0.15, -0.1) is 0 Å². The lowest BCUT2D eigenvalue weighted by Gasteiger charge is -2.13. The van der Waals surface area contributed by atoms with Gasteiger partial charge >= 0.3 is 0 Å². The Bertz CT molecular complexity index is 573. The van der Waals surface area contributed by atoms with Crippen LogP contribution in [0.15, 0.2) is 47.4 Å². The molecule has 1 aromatic carbocycles. The van der Waals surface area contributed by atoms with Crippen LogP contribution in [0.25, 0.3) is 0 Å². The lowest BCUT2D eigenvalue weighted by molar-refractivity contribution is 0.297. The van der Waals surface area contributed by atoms with Crippen molar-refractivity contribution >= 4 is 0 Å². The first kappa shape index (κ1) is 12.4. The highest BCUT2D eigenvalue weighted by molar-refractivity contribution is 5.27. The Kier molecular flexibility index (Phi) is 3.82. The summed E-state index contributed by atoms with van der Waals surface area (Å²) in [6, 6.07) is 11.4. The Morgan fingerprint density at radius 3 is 2.56 bits per heavy atom. The topological polar surface area (TPSA) is 31.2 Å². The average Bonchev–Trinajstić information content (AvgIpc) is 2.40. The van der Waals surface area contributed by atoms with E-state index in [9.17, 15) is 4.79 Å². The van der Waals surface area contributed by atoms with Gasteiger partial charge in [0.15, 0.2) is 5.75 Å². The van der Waals surface area contributed by atoms with Crippen LogP contribution in [0.3, 0.4) is 0 Å². The largest absolute Gasteiger partial charge is 0.483 e. The molecule has 0 saturated carbocycles. The van der Waals surface area contributed by atoms with Crippen molar-refractivity contribution in [2.75, 3.05) is 0 Å². The molecule has 0 fully saturated rings. The number of hydrogen-bond acceptors (Lipinski definition) is 2. The first-order chi connectivity index (χ1) is 8.72. The fourth-order valence-electron chi connectivity index (χ4n) is 1.90. The molecule has 94 valence electrons. The third-order valence-electron chi connectivity index (χ3n) is 2.96. The van der Waals surface area contributed by atoms with E-state index in [2.05, 4.69) is 0 Å². The molecule has 0 radical (unpaired) electrons. The fraction of sp³-hybridized carbons (Fsp3) is 0.267. The monoisotopic (exact) mass is 243 g/mol. The maximum absolute atomic E-state index is 11.8. The van der Waals surface area contributed by atoms with Crippen molar-refractivity contribution < 1.29 is 4.74 Å². The van der Waals surface area contributed by atoms with E-state index in [1.54, 1.807) is 12.3 Å². The molecule has 2 aromatic rings. The van der Waals surface area contributed by atoms with Crippen LogP contribution in [-0.2, 0) is 13.2 Å². The minimum atomic E-state index is -0.0619. The summed E-state index contributed by atoms with van der Waals surface area (Å²) < 4.78 is 7.66. The molecule has 0 atom stereocenters. The molecule has 0 bridgehead atoms. The zero-order valence-corrected chi connectivity index (χ0v) is 10.7. The van der Waals surface area contributed by atoms with E-state index < -0.39 is 0 Å². The van der Waals surface area contributed by atoms with E-state index in [1.807, 2.05) is 48.7 Å². The third-order valence-corrected chi connectivity index (χ3v) is 2.96. The number of pyridine rings is 1. The van der Waals surface area contributed by atoms with Gasteiger partial charge in [-0.3, -0.25) is 4.79 Å². The number of aryl methyl sites for hydroxylation is 1. The van der Waals surface area contributed by atoms with Crippen LogP contribution in [0.2, 0.25) is 0 Å². The minimum Gasteiger partial charge on any atom is -0.483 e. The molecule has 2 rings (SSSR count). The molecule has 0 spiro atoms. The Morgan fingerprint density at radius 1 is 1.17 bits per heavy atom. The molecular formula is C15H17NO2. The first-order valence-electron chi connectivity index (χ1n) is 6.09. The maximum Gasteiger partial charge on any atom is 0.223 e. The van der Waals surface area contributed by atoms with Crippen molar-refractivity contribution in [3.05, 3.63) is 64.1 Å². The van der Waals surface area contributed by atoms with Gasteiger partial charge in [0, 0.05) is 18.8 Å². The summed E-state index contributed by atoms with van der Waals surface area (Å²) in [6.07, 6.45) is 1.80. The quantitative estimate of drug-likeness (QED) is 0.826. The van der Waals surface area contributed by atoms with Crippen LogP contribution in [0.1, 0.15) is 18.2 Å². The second kappa shape index (κ2) is 5.54. The summed E-state index contributed by atoms with van der Waals surface area (Å²) in [4.78, 5) is 11.8. The fourth-order valence-corrected chi connectivity index (χ4v) is 1.90. The van der Waals surface area contributed by atoms with Crippen molar-refractivity contribution in [1.82, 2.24) is 4.57 Å². The lowest BCUT2D eigenvalue weighted by atomic mass is 10.2. The first-order valence-corrected chi connectivity index (χ1v) is 6.09. The van der Waals surface area contributed by atoms with Crippen molar-refractivity contribution in [1.29, 1.82) is 0 Å². The second-order valence-electron chi connectivity index (χ2n) is 4.15. The summed E-state index contributed by atoms with van der Waals surface area (Å²) in [6.45, 7) is 5.20. The zero-order chi connectivity index (χ0) is 13.0. The van der Waals surface area contributed by atoms with Gasteiger partial charge in [0.2, 0.25) is 5.43 Å². The van der Waals surface area contributed by atoms with Crippen LogP contribution in [-0.4, -0.2) is 4.57 Å². The standard InChI is InChI=1S/C15H17NO2/c1-3-16-10-9-14(17)15(12(16)2)18-11-13-7-5-4-6-8-13/h4-10H,3,11H2,1-2H3. The number of hydrogen-bond donors (Lipinski definition) is 0. The maximum atomic E-state index is 11.8. The summed E-state index contributed by atoms with van der Waals surface area (Å²) in [5.41, 5.74) is 1.87. The van der Waals surface area contributed by atoms with E-state index in [0.29, 0.717) is 12.4 Å². The number of rotatable bonds is 4. The van der Waals surface area contributed by atoms with Crippen molar-refractivity contribution in [3.63, 3.8) is 0 Å². The molecule has 1 aromatic heterocycles. The van der Waals surface area contributed by atoms with Gasteiger partial charge in [-0.05, 0) is 19.4 Å². The molecule has 3 nitrogen and oxygen atoms in total. The molecule has 0 aliphatic carbocycles. The van der Waals surface area contributed by atoms with E-state index in [-0.39, 0.29) is 5.43 Å². The number of benzene rings is 1. The average molecular weight is 243 g/mol. The Labute approximate surface area is 107 Å². The Balaban J connectivity index is 2.22. The molecule has 3 heteroatoms. The normalized spacial score (nSPS) is 10.3. The molecule has 18 heavy (non-hydrogen) atoms. The summed E-state index contributed by atoms with van der Waals surface area (Å²) >= 11 is 0. The molecule has 0 amide bonds. The predicted molar refractivity (Wildman–Crippen MR) is 71.9 cm³/mol. The molecule has 0 unspecified atom stereocenters. The summed E-state index contributed by atoms with van der Waals surface area (Å²) in [5, 5.41) is 0. The van der Waals surface area contributed by atoms with Gasteiger partial charge in [-0.25, -0.2) is 0 Å². The highest BCUT2D eigenvalue weighted by Gasteiger charge is 2.07. The molecule has 0 saturated heterocycles. The van der Waals surface area contributed by atoms with Gasteiger partial charge in [-0.1, -0.05) is 30.3 Å². The Morgan fingerprint density at radius 2 is 1.89 bits per heavy atom. The lowest BCUT2D eigenvalue weighted by Crippen LogP contribution is -2.14. The van der Waals surface area contributed by atoms with Gasteiger partial charge in [0.1, 0.15) is 6.61 Å². The van der Waals surface area contributed by atoms with E-state index in [1.165, 1.54) is 0 Å². The predicted octanol–water partition coefficient (Wildman–Crippen LogP) is 2.76. The molecule has 0 aliphatic heterocycles. The van der Waals surface area contributed by atoms with Gasteiger partial charge in [-0.2, -0.15) is 0 Å². The summed E-state index contributed by atoms with van der Waals surface area (Å²) in [7, 11) is 0. The van der Waals surface area contributed by atoms with Crippen LogP contribution < -0.4 is 10.2 Å². The van der Waals surface area contributed by atoms with Crippen molar-refractivity contribution in [2.24, 2.45) is 0 Å². The minimum absolute atomic E-state index is 0.0619. The van der Waals surface area contributed by atoms with Crippen LogP contribution in [0, 0.1) is 6.92 Å². The van der Waals surface area contributed by atoms with Crippen LogP contribution >= 0.6 is 0 Å². The number of nitrogens with zero attached hydrogens (tertiary/aromatic N) is 1. The smallest absolute Gasteiger partial charge is 0.223 e.